The first-order valence-corrected chi connectivity index (χ1v) is 7.33. The topological polar surface area (TPSA) is 12.5 Å². The van der Waals surface area contributed by atoms with Gasteiger partial charge in [0.05, 0.1) is 6.61 Å². The number of hydrogen-bond acceptors (Lipinski definition) is 2. The van der Waals surface area contributed by atoms with Gasteiger partial charge in [0, 0.05) is 28.3 Å². The van der Waals surface area contributed by atoms with E-state index >= 15 is 0 Å². The minimum atomic E-state index is -0.571. The summed E-state index contributed by atoms with van der Waals surface area (Å²) in [5.74, 6) is 0. The van der Waals surface area contributed by atoms with Crippen LogP contribution in [0.3, 0.4) is 0 Å². The van der Waals surface area contributed by atoms with Gasteiger partial charge in [0.15, 0.2) is 5.72 Å². The van der Waals surface area contributed by atoms with Gasteiger partial charge in [-0.2, -0.15) is 0 Å². The lowest BCUT2D eigenvalue weighted by atomic mass is 9.94. The van der Waals surface area contributed by atoms with Crippen LogP contribution in [0.1, 0.15) is 16.7 Å². The molecule has 0 aromatic heterocycles. The highest BCUT2D eigenvalue weighted by Gasteiger charge is 2.53. The second-order valence-electron chi connectivity index (χ2n) is 5.00. The maximum Gasteiger partial charge on any atom is 0.195 e. The summed E-state index contributed by atoms with van der Waals surface area (Å²) < 4.78 is 6.18. The normalized spacial score (nSPS) is 23.9. The molecular formula is C16H12ClNOS. The predicted octanol–water partition coefficient (Wildman–Crippen LogP) is 3.56. The van der Waals surface area contributed by atoms with Gasteiger partial charge in [0.1, 0.15) is 4.99 Å². The van der Waals surface area contributed by atoms with Crippen molar-refractivity contribution in [2.75, 3.05) is 13.2 Å². The Morgan fingerprint density at radius 3 is 2.65 bits per heavy atom. The van der Waals surface area contributed by atoms with E-state index in [-0.39, 0.29) is 0 Å². The molecule has 0 saturated carbocycles. The van der Waals surface area contributed by atoms with Gasteiger partial charge in [-0.1, -0.05) is 60.2 Å². The van der Waals surface area contributed by atoms with Crippen LogP contribution in [0.15, 0.2) is 48.5 Å². The molecule has 0 aliphatic carbocycles. The molecule has 1 saturated heterocycles. The van der Waals surface area contributed by atoms with E-state index in [1.54, 1.807) is 0 Å². The number of thiocarbonyl (C=S) groups is 1. The SMILES string of the molecule is S=C1c2ccccc2C2(c3ccc(Cl)cc3)OCCN12. The number of halogens is 1. The van der Waals surface area contributed by atoms with Gasteiger partial charge in [-0.05, 0) is 12.1 Å². The first-order valence-electron chi connectivity index (χ1n) is 6.55. The van der Waals surface area contributed by atoms with Crippen LogP contribution in [0.4, 0.5) is 0 Å². The van der Waals surface area contributed by atoms with E-state index in [4.69, 9.17) is 28.6 Å². The fourth-order valence-electron chi connectivity index (χ4n) is 3.17. The molecule has 0 bridgehead atoms. The molecule has 4 rings (SSSR count). The van der Waals surface area contributed by atoms with E-state index in [0.717, 1.165) is 33.2 Å². The Morgan fingerprint density at radius 2 is 1.85 bits per heavy atom. The van der Waals surface area contributed by atoms with Gasteiger partial charge in [0.2, 0.25) is 0 Å². The Kier molecular flexibility index (Phi) is 2.64. The third-order valence-electron chi connectivity index (χ3n) is 4.01. The lowest BCUT2D eigenvalue weighted by Gasteiger charge is -2.33. The minimum Gasteiger partial charge on any atom is -0.345 e. The van der Waals surface area contributed by atoms with Crippen molar-refractivity contribution in [3.8, 4) is 0 Å². The zero-order chi connectivity index (χ0) is 13.7. The van der Waals surface area contributed by atoms with E-state index in [2.05, 4.69) is 17.0 Å². The highest BCUT2D eigenvalue weighted by molar-refractivity contribution is 7.80. The highest BCUT2D eigenvalue weighted by Crippen LogP contribution is 2.48. The summed E-state index contributed by atoms with van der Waals surface area (Å²) in [4.78, 5) is 3.05. The van der Waals surface area contributed by atoms with Crippen molar-refractivity contribution in [2.45, 2.75) is 5.72 Å². The molecule has 4 heteroatoms. The molecule has 1 atom stereocenters. The van der Waals surface area contributed by atoms with Crippen LogP contribution in [0.25, 0.3) is 0 Å². The Labute approximate surface area is 127 Å². The molecule has 20 heavy (non-hydrogen) atoms. The van der Waals surface area contributed by atoms with E-state index in [1.165, 1.54) is 0 Å². The zero-order valence-corrected chi connectivity index (χ0v) is 12.2. The van der Waals surface area contributed by atoms with Crippen LogP contribution in [0, 0.1) is 0 Å². The number of nitrogens with zero attached hydrogens (tertiary/aromatic N) is 1. The second kappa shape index (κ2) is 4.29. The zero-order valence-electron chi connectivity index (χ0n) is 10.7. The summed E-state index contributed by atoms with van der Waals surface area (Å²) in [5.41, 5.74) is 2.73. The lowest BCUT2D eigenvalue weighted by Crippen LogP contribution is -2.40. The summed E-state index contributed by atoms with van der Waals surface area (Å²) in [6.07, 6.45) is 0. The van der Waals surface area contributed by atoms with E-state index < -0.39 is 5.72 Å². The molecule has 100 valence electrons. The van der Waals surface area contributed by atoms with E-state index in [0.29, 0.717) is 6.61 Å². The van der Waals surface area contributed by atoms with Crippen LogP contribution in [-0.2, 0) is 10.5 Å². The standard InChI is InChI=1S/C16H12ClNOS/c17-12-7-5-11(6-8-12)16-14-4-2-1-3-13(14)15(20)18(16)9-10-19-16/h1-8H,9-10H2. The second-order valence-corrected chi connectivity index (χ2v) is 5.82. The van der Waals surface area contributed by atoms with Crippen LogP contribution in [0.2, 0.25) is 5.02 Å². The quantitative estimate of drug-likeness (QED) is 0.747. The van der Waals surface area contributed by atoms with Crippen molar-refractivity contribution in [1.29, 1.82) is 0 Å². The summed E-state index contributed by atoms with van der Waals surface area (Å²) in [5, 5.41) is 0.726. The molecule has 0 amide bonds. The Balaban J connectivity index is 1.99. The van der Waals surface area contributed by atoms with Gasteiger partial charge in [-0.25, -0.2) is 0 Å². The molecule has 0 spiro atoms. The molecule has 2 aliphatic rings. The number of benzene rings is 2. The number of rotatable bonds is 1. The van der Waals surface area contributed by atoms with Crippen LogP contribution < -0.4 is 0 Å². The van der Waals surface area contributed by atoms with Crippen LogP contribution >= 0.6 is 23.8 Å². The first kappa shape index (κ1) is 12.3. The Hall–Kier alpha value is -1.42. The lowest BCUT2D eigenvalue weighted by molar-refractivity contribution is -0.0155. The fourth-order valence-corrected chi connectivity index (χ4v) is 3.69. The molecule has 0 N–H and O–H groups in total. The molecule has 2 aromatic rings. The monoisotopic (exact) mass is 301 g/mol. The molecule has 1 fully saturated rings. The molecule has 2 aliphatic heterocycles. The van der Waals surface area contributed by atoms with Crippen LogP contribution in [-0.4, -0.2) is 23.0 Å². The molecule has 2 nitrogen and oxygen atoms in total. The van der Waals surface area contributed by atoms with Crippen molar-refractivity contribution < 1.29 is 4.74 Å². The average molecular weight is 302 g/mol. The summed E-state index contributed by atoms with van der Waals surface area (Å²) in [6, 6.07) is 16.0. The molecule has 0 radical (unpaired) electrons. The minimum absolute atomic E-state index is 0.571. The van der Waals surface area contributed by atoms with Crippen molar-refractivity contribution in [3.05, 3.63) is 70.2 Å². The van der Waals surface area contributed by atoms with Gasteiger partial charge in [0.25, 0.3) is 0 Å². The van der Waals surface area contributed by atoms with Gasteiger partial charge in [-0.15, -0.1) is 0 Å². The average Bonchev–Trinajstić information content (AvgIpc) is 3.01. The van der Waals surface area contributed by atoms with E-state index in [1.807, 2.05) is 36.4 Å². The summed E-state index contributed by atoms with van der Waals surface area (Å²) in [6.45, 7) is 1.49. The van der Waals surface area contributed by atoms with Crippen LogP contribution in [0.5, 0.6) is 0 Å². The maximum atomic E-state index is 6.18. The van der Waals surface area contributed by atoms with Crippen molar-refractivity contribution in [1.82, 2.24) is 4.90 Å². The first-order chi connectivity index (χ1) is 9.73. The molecule has 2 aromatic carbocycles. The maximum absolute atomic E-state index is 6.18. The number of ether oxygens (including phenoxy) is 1. The largest absolute Gasteiger partial charge is 0.345 e. The Morgan fingerprint density at radius 1 is 1.10 bits per heavy atom. The smallest absolute Gasteiger partial charge is 0.195 e. The third kappa shape index (κ3) is 1.46. The van der Waals surface area contributed by atoms with Gasteiger partial charge in [-0.3, -0.25) is 0 Å². The van der Waals surface area contributed by atoms with Crippen molar-refractivity contribution >= 4 is 28.8 Å². The predicted molar refractivity (Wildman–Crippen MR) is 83.0 cm³/mol. The molecule has 1 unspecified atom stereocenters. The Bertz CT molecular complexity index is 700. The third-order valence-corrected chi connectivity index (χ3v) is 4.70. The van der Waals surface area contributed by atoms with E-state index in [9.17, 15) is 0 Å². The highest BCUT2D eigenvalue weighted by atomic mass is 35.5. The van der Waals surface area contributed by atoms with Crippen molar-refractivity contribution in [2.24, 2.45) is 0 Å². The van der Waals surface area contributed by atoms with Crippen molar-refractivity contribution in [3.63, 3.8) is 0 Å². The molecular weight excluding hydrogens is 290 g/mol. The van der Waals surface area contributed by atoms with Gasteiger partial charge >= 0.3 is 0 Å². The van der Waals surface area contributed by atoms with Gasteiger partial charge < -0.3 is 9.64 Å². The number of fused-ring (bicyclic) bond motifs is 3. The summed E-state index contributed by atoms with van der Waals surface area (Å²) in [7, 11) is 0. The molecule has 2 heterocycles. The summed E-state index contributed by atoms with van der Waals surface area (Å²) >= 11 is 11.6. The number of hydrogen-bond donors (Lipinski definition) is 0. The fraction of sp³-hybridized carbons (Fsp3) is 0.188.